The van der Waals surface area contributed by atoms with E-state index in [4.69, 9.17) is 5.73 Å². The third kappa shape index (κ3) is 4.86. The van der Waals surface area contributed by atoms with Crippen LogP contribution in [-0.2, 0) is 4.79 Å². The topological polar surface area (TPSA) is 70.7 Å². The van der Waals surface area contributed by atoms with E-state index in [0.717, 1.165) is 11.3 Å². The van der Waals surface area contributed by atoms with Crippen LogP contribution >= 0.6 is 0 Å². The number of anilines is 1. The van der Waals surface area contributed by atoms with Gasteiger partial charge in [0.1, 0.15) is 0 Å². The highest BCUT2D eigenvalue weighted by molar-refractivity contribution is 5.92. The van der Waals surface area contributed by atoms with Crippen molar-refractivity contribution in [3.8, 4) is 0 Å². The average Bonchev–Trinajstić information content (AvgIpc) is 2.28. The molecule has 0 aliphatic heterocycles. The molecule has 1 aromatic rings. The van der Waals surface area contributed by atoms with Gasteiger partial charge in [-0.2, -0.15) is 0 Å². The van der Waals surface area contributed by atoms with Crippen molar-refractivity contribution in [3.05, 3.63) is 29.8 Å². The number of nitrogens with two attached hydrogens (primary N) is 1. The van der Waals surface area contributed by atoms with Gasteiger partial charge < -0.3 is 16.0 Å². The molecule has 0 spiro atoms. The maximum atomic E-state index is 11.3. The average molecular weight is 248 g/mol. The normalized spacial score (nSPS) is 11.2. The number of amides is 1. The van der Waals surface area contributed by atoms with Crippen LogP contribution in [0.15, 0.2) is 29.3 Å². The Morgan fingerprint density at radius 3 is 2.78 bits per heavy atom. The molecule has 0 aromatic heterocycles. The van der Waals surface area contributed by atoms with Crippen LogP contribution in [0.1, 0.15) is 12.0 Å². The fourth-order valence-corrected chi connectivity index (χ4v) is 1.41. The first-order valence-corrected chi connectivity index (χ1v) is 5.83. The van der Waals surface area contributed by atoms with Gasteiger partial charge in [0.2, 0.25) is 5.91 Å². The van der Waals surface area contributed by atoms with Gasteiger partial charge in [-0.3, -0.25) is 9.79 Å². The van der Waals surface area contributed by atoms with Gasteiger partial charge in [0.15, 0.2) is 5.96 Å². The fourth-order valence-electron chi connectivity index (χ4n) is 1.41. The summed E-state index contributed by atoms with van der Waals surface area (Å²) in [4.78, 5) is 17.0. The molecular weight excluding hydrogens is 228 g/mol. The Balaban J connectivity index is 2.45. The number of carbonyl (C=O) groups excluding carboxylic acids is 1. The van der Waals surface area contributed by atoms with Gasteiger partial charge in [-0.25, -0.2) is 0 Å². The van der Waals surface area contributed by atoms with Crippen LogP contribution in [0.4, 0.5) is 5.69 Å². The summed E-state index contributed by atoms with van der Waals surface area (Å²) >= 11 is 0. The molecule has 0 aliphatic rings. The van der Waals surface area contributed by atoms with E-state index in [1.54, 1.807) is 19.0 Å². The maximum absolute atomic E-state index is 11.3. The minimum Gasteiger partial charge on any atom is -0.370 e. The molecule has 0 atom stereocenters. The smallest absolute Gasteiger partial charge is 0.223 e. The highest BCUT2D eigenvalue weighted by atomic mass is 16.2. The summed E-state index contributed by atoms with van der Waals surface area (Å²) in [5, 5.41) is 2.99. The molecule has 5 heteroatoms. The van der Waals surface area contributed by atoms with E-state index in [-0.39, 0.29) is 5.91 Å². The second-order valence-electron chi connectivity index (χ2n) is 4.30. The molecule has 0 bridgehead atoms. The van der Waals surface area contributed by atoms with Crippen molar-refractivity contribution in [2.45, 2.75) is 13.3 Å². The molecule has 3 N–H and O–H groups in total. The van der Waals surface area contributed by atoms with Crippen LogP contribution in [0.5, 0.6) is 0 Å². The Morgan fingerprint density at radius 1 is 1.44 bits per heavy atom. The standard InChI is InChI=1S/C13H20N4O/c1-10-5-4-6-11(9-10)16-13(14)15-8-7-12(18)17(2)3/h4-6,9H,7-8H2,1-3H3,(H3,14,15,16). The Morgan fingerprint density at radius 2 is 2.17 bits per heavy atom. The number of hydrogen-bond acceptors (Lipinski definition) is 2. The molecule has 5 nitrogen and oxygen atoms in total. The third-order valence-electron chi connectivity index (χ3n) is 2.40. The van der Waals surface area contributed by atoms with Gasteiger partial charge in [0.25, 0.3) is 0 Å². The molecule has 0 radical (unpaired) electrons. The van der Waals surface area contributed by atoms with Gasteiger partial charge in [-0.15, -0.1) is 0 Å². The van der Waals surface area contributed by atoms with Crippen molar-refractivity contribution in [2.24, 2.45) is 10.7 Å². The first kappa shape index (κ1) is 14.0. The van der Waals surface area contributed by atoms with Crippen molar-refractivity contribution in [2.75, 3.05) is 26.0 Å². The summed E-state index contributed by atoms with van der Waals surface area (Å²) in [6.07, 6.45) is 0.364. The number of aryl methyl sites for hydroxylation is 1. The summed E-state index contributed by atoms with van der Waals surface area (Å²) < 4.78 is 0. The van der Waals surface area contributed by atoms with Crippen molar-refractivity contribution in [1.82, 2.24) is 4.90 Å². The minimum absolute atomic E-state index is 0.0436. The predicted molar refractivity (Wildman–Crippen MR) is 74.6 cm³/mol. The Kier molecular flexibility index (Phi) is 5.17. The first-order chi connectivity index (χ1) is 8.49. The van der Waals surface area contributed by atoms with E-state index in [0.29, 0.717) is 18.9 Å². The maximum Gasteiger partial charge on any atom is 0.223 e. The monoisotopic (exact) mass is 248 g/mol. The van der Waals surface area contributed by atoms with E-state index in [1.165, 1.54) is 0 Å². The lowest BCUT2D eigenvalue weighted by Gasteiger charge is -2.09. The van der Waals surface area contributed by atoms with Crippen LogP contribution in [-0.4, -0.2) is 37.4 Å². The van der Waals surface area contributed by atoms with Crippen LogP contribution in [0.25, 0.3) is 0 Å². The first-order valence-electron chi connectivity index (χ1n) is 5.83. The third-order valence-corrected chi connectivity index (χ3v) is 2.40. The van der Waals surface area contributed by atoms with E-state index in [2.05, 4.69) is 10.3 Å². The zero-order chi connectivity index (χ0) is 13.5. The summed E-state index contributed by atoms with van der Waals surface area (Å²) in [5.74, 6) is 0.370. The number of aliphatic imine (C=N–C) groups is 1. The predicted octanol–water partition coefficient (Wildman–Crippen LogP) is 1.20. The van der Waals surface area contributed by atoms with E-state index < -0.39 is 0 Å². The van der Waals surface area contributed by atoms with Gasteiger partial charge in [-0.1, -0.05) is 12.1 Å². The van der Waals surface area contributed by atoms with Crippen LogP contribution < -0.4 is 11.1 Å². The molecule has 0 saturated heterocycles. The second kappa shape index (κ2) is 6.64. The molecule has 0 saturated carbocycles. The molecule has 1 rings (SSSR count). The van der Waals surface area contributed by atoms with Crippen molar-refractivity contribution in [3.63, 3.8) is 0 Å². The number of hydrogen-bond donors (Lipinski definition) is 2. The molecule has 18 heavy (non-hydrogen) atoms. The zero-order valence-electron chi connectivity index (χ0n) is 11.1. The van der Waals surface area contributed by atoms with Crippen LogP contribution in [0.2, 0.25) is 0 Å². The summed E-state index contributed by atoms with van der Waals surface area (Å²) in [7, 11) is 3.45. The van der Waals surface area contributed by atoms with Gasteiger partial charge in [0.05, 0.1) is 6.54 Å². The summed E-state index contributed by atoms with van der Waals surface area (Å²) in [6, 6.07) is 7.85. The Labute approximate surface area is 108 Å². The second-order valence-corrected chi connectivity index (χ2v) is 4.30. The summed E-state index contributed by atoms with van der Waals surface area (Å²) in [6.45, 7) is 2.40. The Bertz CT molecular complexity index is 440. The SMILES string of the molecule is Cc1cccc(NC(N)=NCCC(=O)N(C)C)c1. The van der Waals surface area contributed by atoms with E-state index >= 15 is 0 Å². The van der Waals surface area contributed by atoms with E-state index in [9.17, 15) is 4.79 Å². The number of benzene rings is 1. The number of rotatable bonds is 4. The van der Waals surface area contributed by atoms with Crippen LogP contribution in [0, 0.1) is 6.92 Å². The lowest BCUT2D eigenvalue weighted by molar-refractivity contribution is -0.128. The van der Waals surface area contributed by atoms with Gasteiger partial charge in [0, 0.05) is 26.2 Å². The molecule has 98 valence electrons. The highest BCUT2D eigenvalue weighted by Gasteiger charge is 2.02. The van der Waals surface area contributed by atoms with Crippen molar-refractivity contribution < 1.29 is 4.79 Å². The molecular formula is C13H20N4O. The van der Waals surface area contributed by atoms with Crippen molar-refractivity contribution in [1.29, 1.82) is 0 Å². The molecule has 0 heterocycles. The highest BCUT2D eigenvalue weighted by Crippen LogP contribution is 2.08. The lowest BCUT2D eigenvalue weighted by Crippen LogP contribution is -2.25. The molecule has 0 unspecified atom stereocenters. The number of nitrogens with one attached hydrogen (secondary N) is 1. The lowest BCUT2D eigenvalue weighted by atomic mass is 10.2. The fraction of sp³-hybridized carbons (Fsp3) is 0.385. The zero-order valence-corrected chi connectivity index (χ0v) is 11.1. The molecule has 0 aliphatic carbocycles. The largest absolute Gasteiger partial charge is 0.370 e. The Hall–Kier alpha value is -2.04. The van der Waals surface area contributed by atoms with Crippen LogP contribution in [0.3, 0.4) is 0 Å². The quantitative estimate of drug-likeness (QED) is 0.621. The minimum atomic E-state index is 0.0436. The number of guanidine groups is 1. The molecule has 1 amide bonds. The van der Waals surface area contributed by atoms with Crippen molar-refractivity contribution >= 4 is 17.6 Å². The molecule has 1 aromatic carbocycles. The number of carbonyl (C=O) groups is 1. The molecule has 0 fully saturated rings. The van der Waals surface area contributed by atoms with E-state index in [1.807, 2.05) is 31.2 Å². The summed E-state index contributed by atoms with van der Waals surface area (Å²) in [5.41, 5.74) is 7.78. The van der Waals surface area contributed by atoms with Gasteiger partial charge >= 0.3 is 0 Å². The number of nitrogens with zero attached hydrogens (tertiary/aromatic N) is 2. The van der Waals surface area contributed by atoms with Gasteiger partial charge in [-0.05, 0) is 24.6 Å².